The molecule has 1 rings (SSSR count). The predicted molar refractivity (Wildman–Crippen MR) is 63.5 cm³/mol. The van der Waals surface area contributed by atoms with E-state index in [1.807, 2.05) is 18.9 Å². The van der Waals surface area contributed by atoms with Gasteiger partial charge in [-0.05, 0) is 6.92 Å². The summed E-state index contributed by atoms with van der Waals surface area (Å²) in [7, 11) is 3.49. The molecule has 0 saturated heterocycles. The Balaban J connectivity index is 2.90. The number of hydrogen-bond donors (Lipinski definition) is 2. The summed E-state index contributed by atoms with van der Waals surface area (Å²) >= 11 is 0. The summed E-state index contributed by atoms with van der Waals surface area (Å²) in [5, 5.41) is 13.3. The van der Waals surface area contributed by atoms with Gasteiger partial charge in [-0.2, -0.15) is 5.10 Å². The fourth-order valence-corrected chi connectivity index (χ4v) is 1.68. The van der Waals surface area contributed by atoms with Crippen molar-refractivity contribution in [2.24, 2.45) is 7.05 Å². The van der Waals surface area contributed by atoms with E-state index in [4.69, 9.17) is 15.6 Å². The second-order valence-corrected chi connectivity index (χ2v) is 3.65. The lowest BCUT2D eigenvalue weighted by Gasteiger charge is -2.23. The molecule has 0 spiro atoms. The number of rotatable bonds is 6. The molecule has 0 aliphatic heterocycles. The van der Waals surface area contributed by atoms with Crippen molar-refractivity contribution < 1.29 is 9.84 Å². The average molecular weight is 228 g/mol. The zero-order valence-electron chi connectivity index (χ0n) is 10.1. The van der Waals surface area contributed by atoms with Crippen molar-refractivity contribution in [1.29, 1.82) is 0 Å². The largest absolute Gasteiger partial charge is 0.395 e. The van der Waals surface area contributed by atoms with E-state index in [2.05, 4.69) is 5.10 Å². The number of methoxy groups -OCH3 is 1. The van der Waals surface area contributed by atoms with E-state index in [0.717, 1.165) is 11.5 Å². The van der Waals surface area contributed by atoms with E-state index >= 15 is 0 Å². The van der Waals surface area contributed by atoms with Crippen molar-refractivity contribution in [3.63, 3.8) is 0 Å². The SMILES string of the molecule is COCCN(CCO)c1c(N)c(C)nn1C. The molecular weight excluding hydrogens is 208 g/mol. The van der Waals surface area contributed by atoms with Crippen LogP contribution in [0.1, 0.15) is 5.69 Å². The van der Waals surface area contributed by atoms with E-state index in [9.17, 15) is 0 Å². The third-order valence-corrected chi connectivity index (χ3v) is 2.47. The molecule has 0 aromatic carbocycles. The quantitative estimate of drug-likeness (QED) is 0.702. The van der Waals surface area contributed by atoms with Crippen molar-refractivity contribution in [3.8, 4) is 0 Å². The molecule has 0 radical (unpaired) electrons. The van der Waals surface area contributed by atoms with Crippen LogP contribution in [0.5, 0.6) is 0 Å². The highest BCUT2D eigenvalue weighted by Crippen LogP contribution is 2.24. The number of ether oxygens (including phenoxy) is 1. The minimum atomic E-state index is 0.0768. The van der Waals surface area contributed by atoms with E-state index in [-0.39, 0.29) is 6.61 Å². The number of hydrogen-bond acceptors (Lipinski definition) is 5. The number of aryl methyl sites for hydroxylation is 2. The second-order valence-electron chi connectivity index (χ2n) is 3.65. The molecule has 0 fully saturated rings. The fourth-order valence-electron chi connectivity index (χ4n) is 1.68. The van der Waals surface area contributed by atoms with Gasteiger partial charge in [0, 0.05) is 27.2 Å². The molecule has 1 aromatic heterocycles. The Morgan fingerprint density at radius 2 is 2.19 bits per heavy atom. The van der Waals surface area contributed by atoms with Gasteiger partial charge in [0.25, 0.3) is 0 Å². The first-order chi connectivity index (χ1) is 7.61. The summed E-state index contributed by atoms with van der Waals surface area (Å²) in [4.78, 5) is 1.97. The molecule has 0 aliphatic carbocycles. The smallest absolute Gasteiger partial charge is 0.150 e. The van der Waals surface area contributed by atoms with E-state index in [1.54, 1.807) is 11.8 Å². The molecule has 92 valence electrons. The fraction of sp³-hybridized carbons (Fsp3) is 0.700. The van der Waals surface area contributed by atoms with Gasteiger partial charge in [0.05, 0.1) is 24.6 Å². The minimum absolute atomic E-state index is 0.0768. The van der Waals surface area contributed by atoms with Gasteiger partial charge in [-0.1, -0.05) is 0 Å². The number of anilines is 2. The standard InChI is InChI=1S/C10H20N4O2/c1-8-9(11)10(13(2)12-8)14(4-6-15)5-7-16-3/h15H,4-7,11H2,1-3H3. The van der Waals surface area contributed by atoms with Crippen molar-refractivity contribution in [1.82, 2.24) is 9.78 Å². The van der Waals surface area contributed by atoms with Gasteiger partial charge in [-0.25, -0.2) is 0 Å². The Kier molecular flexibility index (Phi) is 4.57. The molecule has 6 nitrogen and oxygen atoms in total. The second kappa shape index (κ2) is 5.72. The van der Waals surface area contributed by atoms with Crippen LogP contribution >= 0.6 is 0 Å². The summed E-state index contributed by atoms with van der Waals surface area (Å²) < 4.78 is 6.77. The molecule has 6 heteroatoms. The average Bonchev–Trinajstić information content (AvgIpc) is 2.49. The van der Waals surface area contributed by atoms with Gasteiger partial charge >= 0.3 is 0 Å². The number of nitrogen functional groups attached to an aromatic ring is 1. The topological polar surface area (TPSA) is 76.5 Å². The lowest BCUT2D eigenvalue weighted by molar-refractivity contribution is 0.202. The van der Waals surface area contributed by atoms with E-state index in [1.165, 1.54) is 0 Å². The normalized spacial score (nSPS) is 10.8. The van der Waals surface area contributed by atoms with Crippen molar-refractivity contribution in [2.45, 2.75) is 6.92 Å². The molecule has 0 unspecified atom stereocenters. The summed E-state index contributed by atoms with van der Waals surface area (Å²) in [6.45, 7) is 3.73. The minimum Gasteiger partial charge on any atom is -0.395 e. The van der Waals surface area contributed by atoms with Crippen LogP contribution in [0.3, 0.4) is 0 Å². The Labute approximate surface area is 95.6 Å². The van der Waals surface area contributed by atoms with Crippen LogP contribution in [0.4, 0.5) is 11.5 Å². The van der Waals surface area contributed by atoms with Crippen molar-refractivity contribution >= 4 is 11.5 Å². The van der Waals surface area contributed by atoms with Crippen molar-refractivity contribution in [3.05, 3.63) is 5.69 Å². The van der Waals surface area contributed by atoms with Crippen LogP contribution in [0.15, 0.2) is 0 Å². The maximum absolute atomic E-state index is 9.03. The van der Waals surface area contributed by atoms with Crippen LogP contribution in [0, 0.1) is 6.92 Å². The Morgan fingerprint density at radius 1 is 1.50 bits per heavy atom. The molecule has 0 aliphatic rings. The highest BCUT2D eigenvalue weighted by atomic mass is 16.5. The summed E-state index contributed by atoms with van der Waals surface area (Å²) in [5.74, 6) is 0.837. The maximum Gasteiger partial charge on any atom is 0.150 e. The van der Waals surface area contributed by atoms with Gasteiger partial charge < -0.3 is 20.5 Å². The predicted octanol–water partition coefficient (Wildman–Crippen LogP) is -0.244. The summed E-state index contributed by atoms with van der Waals surface area (Å²) in [5.41, 5.74) is 7.42. The van der Waals surface area contributed by atoms with Crippen LogP contribution in [-0.4, -0.2) is 48.3 Å². The third-order valence-electron chi connectivity index (χ3n) is 2.47. The van der Waals surface area contributed by atoms with Gasteiger partial charge in [0.1, 0.15) is 0 Å². The zero-order valence-corrected chi connectivity index (χ0v) is 10.1. The highest BCUT2D eigenvalue weighted by molar-refractivity contribution is 5.66. The van der Waals surface area contributed by atoms with Gasteiger partial charge in [-0.3, -0.25) is 4.68 Å². The number of aliphatic hydroxyl groups is 1. The zero-order chi connectivity index (χ0) is 12.1. The van der Waals surface area contributed by atoms with Gasteiger partial charge in [0.15, 0.2) is 5.82 Å². The number of aromatic nitrogens is 2. The van der Waals surface area contributed by atoms with Crippen LogP contribution in [0.2, 0.25) is 0 Å². The number of nitrogens with two attached hydrogens (primary N) is 1. The molecule has 0 bridgehead atoms. The summed E-state index contributed by atoms with van der Waals surface area (Å²) in [6, 6.07) is 0. The lowest BCUT2D eigenvalue weighted by atomic mass is 10.3. The van der Waals surface area contributed by atoms with E-state index in [0.29, 0.717) is 25.4 Å². The molecule has 1 heterocycles. The van der Waals surface area contributed by atoms with E-state index < -0.39 is 0 Å². The maximum atomic E-state index is 9.03. The molecule has 16 heavy (non-hydrogen) atoms. The van der Waals surface area contributed by atoms with Crippen LogP contribution in [0.25, 0.3) is 0 Å². The molecule has 3 N–H and O–H groups in total. The van der Waals surface area contributed by atoms with Crippen LogP contribution in [-0.2, 0) is 11.8 Å². The number of nitrogens with zero attached hydrogens (tertiary/aromatic N) is 3. The molecule has 1 aromatic rings. The first-order valence-electron chi connectivity index (χ1n) is 5.25. The monoisotopic (exact) mass is 228 g/mol. The molecule has 0 amide bonds. The van der Waals surface area contributed by atoms with Gasteiger partial charge in [0.2, 0.25) is 0 Å². The molecule has 0 atom stereocenters. The Morgan fingerprint density at radius 3 is 2.62 bits per heavy atom. The highest BCUT2D eigenvalue weighted by Gasteiger charge is 2.16. The van der Waals surface area contributed by atoms with Gasteiger partial charge in [-0.15, -0.1) is 0 Å². The first-order valence-corrected chi connectivity index (χ1v) is 5.25. The van der Waals surface area contributed by atoms with Crippen LogP contribution < -0.4 is 10.6 Å². The van der Waals surface area contributed by atoms with Crippen molar-refractivity contribution in [2.75, 3.05) is 44.0 Å². The first kappa shape index (κ1) is 12.8. The third kappa shape index (κ3) is 2.65. The molecular formula is C10H20N4O2. The lowest BCUT2D eigenvalue weighted by Crippen LogP contribution is -2.32. The summed E-state index contributed by atoms with van der Waals surface area (Å²) in [6.07, 6.45) is 0. The molecule has 0 saturated carbocycles. The Bertz CT molecular complexity index is 338. The Hall–Kier alpha value is -1.27. The number of aliphatic hydroxyl groups excluding tert-OH is 1.